The number of carbonyl (C=O) groups excluding carboxylic acids is 2. The summed E-state index contributed by atoms with van der Waals surface area (Å²) >= 11 is 0. The van der Waals surface area contributed by atoms with Crippen LogP contribution in [0.4, 0.5) is 0 Å². The van der Waals surface area contributed by atoms with E-state index in [1.807, 2.05) is 30.3 Å². The number of carbonyl (C=O) groups is 2. The molecule has 9 atom stereocenters. The minimum Gasteiger partial charge on any atom is -0.462 e. The summed E-state index contributed by atoms with van der Waals surface area (Å²) in [5.41, 5.74) is 3.47. The zero-order chi connectivity index (χ0) is 31.9. The molecule has 5 nitrogen and oxygen atoms in total. The maximum atomic E-state index is 12.9. The van der Waals surface area contributed by atoms with E-state index in [1.54, 1.807) is 0 Å². The zero-order valence-corrected chi connectivity index (χ0v) is 28.6. The maximum Gasteiger partial charge on any atom is 0.338 e. The van der Waals surface area contributed by atoms with Crippen molar-refractivity contribution in [2.24, 2.45) is 44.3 Å². The van der Waals surface area contributed by atoms with Crippen LogP contribution in [0.1, 0.15) is 130 Å². The van der Waals surface area contributed by atoms with Gasteiger partial charge in [-0.25, -0.2) is 4.79 Å². The molecule has 0 amide bonds. The second-order valence-electron chi connectivity index (χ2n) is 17.5. The van der Waals surface area contributed by atoms with Crippen LogP contribution in [0.3, 0.4) is 0 Å². The van der Waals surface area contributed by atoms with E-state index in [4.69, 9.17) is 9.47 Å². The predicted molar refractivity (Wildman–Crippen MR) is 173 cm³/mol. The maximum absolute atomic E-state index is 12.9. The van der Waals surface area contributed by atoms with Gasteiger partial charge in [0.15, 0.2) is 0 Å². The SMILES string of the molecule is CC(=O)O[C@@H]1CC[C@]2(C)C3=C([C@H](O)C[C@H]2C1(C)C)[C@@]1(C)CC[C@@]2(C)CC[C@@](C)(COC(=O)c4ccccc4)C[C@H]2[C@]1(C)CC3. The fraction of sp³-hybridized carbons (Fsp3) is 0.744. The lowest BCUT2D eigenvalue weighted by Gasteiger charge is -2.70. The average molecular weight is 605 g/mol. The summed E-state index contributed by atoms with van der Waals surface area (Å²) in [5, 5.41) is 12.2. The Kier molecular flexibility index (Phi) is 7.55. The van der Waals surface area contributed by atoms with Crippen LogP contribution < -0.4 is 0 Å². The molecule has 0 spiro atoms. The van der Waals surface area contributed by atoms with Crippen LogP contribution in [-0.2, 0) is 14.3 Å². The van der Waals surface area contributed by atoms with Gasteiger partial charge in [-0.2, -0.15) is 0 Å². The third-order valence-corrected chi connectivity index (χ3v) is 14.7. The second-order valence-corrected chi connectivity index (χ2v) is 17.5. The number of aliphatic hydroxyl groups excluding tert-OH is 1. The molecule has 242 valence electrons. The van der Waals surface area contributed by atoms with Crippen molar-refractivity contribution >= 4 is 11.9 Å². The molecule has 0 saturated heterocycles. The van der Waals surface area contributed by atoms with Gasteiger partial charge < -0.3 is 14.6 Å². The first kappa shape index (κ1) is 31.8. The van der Waals surface area contributed by atoms with Crippen LogP contribution in [-0.4, -0.2) is 35.9 Å². The van der Waals surface area contributed by atoms with Crippen molar-refractivity contribution in [3.63, 3.8) is 0 Å². The molecule has 5 heteroatoms. The lowest BCUT2D eigenvalue weighted by atomic mass is 9.35. The number of fused-ring (bicyclic) bond motifs is 6. The standard InChI is InChI=1S/C39H56O5/c1-25(40)44-31-15-16-37(6)27-14-17-38(7)30-23-35(4,24-43-33(42)26-12-10-9-11-13-26)18-19-36(30,5)20-21-39(38,8)32(27)28(41)22-29(37)34(31,2)3/h9-13,28-31,41H,14-24H2,1-8H3/t28-,29+,30-,31-,35-,36-,37-,38+,39-/m1/s1. The van der Waals surface area contributed by atoms with Gasteiger partial charge in [0.1, 0.15) is 6.10 Å². The first-order chi connectivity index (χ1) is 20.5. The van der Waals surface area contributed by atoms with Gasteiger partial charge in [0.2, 0.25) is 0 Å². The molecule has 0 unspecified atom stereocenters. The van der Waals surface area contributed by atoms with Crippen LogP contribution in [0.25, 0.3) is 0 Å². The van der Waals surface area contributed by atoms with Gasteiger partial charge in [-0.1, -0.05) is 72.2 Å². The zero-order valence-electron chi connectivity index (χ0n) is 28.6. The molecule has 0 aliphatic heterocycles. The molecule has 44 heavy (non-hydrogen) atoms. The van der Waals surface area contributed by atoms with Gasteiger partial charge in [0.05, 0.1) is 18.3 Å². The average Bonchev–Trinajstić information content (AvgIpc) is 2.97. The Morgan fingerprint density at radius 3 is 2.25 bits per heavy atom. The van der Waals surface area contributed by atoms with Crippen LogP contribution in [0.5, 0.6) is 0 Å². The van der Waals surface area contributed by atoms with Crippen LogP contribution in [0.2, 0.25) is 0 Å². The number of benzene rings is 1. The molecule has 5 aliphatic carbocycles. The molecule has 1 aromatic rings. The molecular formula is C39H56O5. The lowest BCUT2D eigenvalue weighted by molar-refractivity contribution is -0.178. The quantitative estimate of drug-likeness (QED) is 0.275. The highest BCUT2D eigenvalue weighted by Gasteiger charge is 2.67. The highest BCUT2D eigenvalue weighted by molar-refractivity contribution is 5.89. The Bertz CT molecular complexity index is 1350. The number of rotatable bonds is 4. The molecule has 0 aromatic heterocycles. The van der Waals surface area contributed by atoms with E-state index in [0.29, 0.717) is 18.1 Å². The molecule has 1 N–H and O–H groups in total. The molecule has 0 bridgehead atoms. The third-order valence-electron chi connectivity index (χ3n) is 14.7. The largest absolute Gasteiger partial charge is 0.462 e. The van der Waals surface area contributed by atoms with Crippen molar-refractivity contribution in [2.75, 3.05) is 6.61 Å². The summed E-state index contributed by atoms with van der Waals surface area (Å²) in [6.07, 6.45) is 9.78. The van der Waals surface area contributed by atoms with E-state index in [1.165, 1.54) is 24.5 Å². The molecular weight excluding hydrogens is 548 g/mol. The minimum absolute atomic E-state index is 0.00647. The molecule has 3 fully saturated rings. The Morgan fingerprint density at radius 1 is 0.886 bits per heavy atom. The van der Waals surface area contributed by atoms with Crippen molar-refractivity contribution in [2.45, 2.75) is 132 Å². The van der Waals surface area contributed by atoms with Gasteiger partial charge in [0, 0.05) is 17.8 Å². The van der Waals surface area contributed by atoms with E-state index in [-0.39, 0.29) is 56.5 Å². The van der Waals surface area contributed by atoms with Crippen molar-refractivity contribution < 1.29 is 24.2 Å². The van der Waals surface area contributed by atoms with Crippen LogP contribution in [0, 0.1) is 44.3 Å². The van der Waals surface area contributed by atoms with E-state index in [9.17, 15) is 14.7 Å². The monoisotopic (exact) mass is 604 g/mol. The normalized spacial score (nSPS) is 44.4. The van der Waals surface area contributed by atoms with Gasteiger partial charge in [0.25, 0.3) is 0 Å². The number of aliphatic hydroxyl groups is 1. The highest BCUT2D eigenvalue weighted by Crippen LogP contribution is 2.75. The Balaban J connectivity index is 1.31. The van der Waals surface area contributed by atoms with Crippen molar-refractivity contribution in [1.29, 1.82) is 0 Å². The number of allylic oxidation sites excluding steroid dienone is 1. The summed E-state index contributed by atoms with van der Waals surface area (Å²) < 4.78 is 11.9. The molecule has 6 rings (SSSR count). The molecule has 1 aromatic carbocycles. The fourth-order valence-corrected chi connectivity index (χ4v) is 11.7. The molecule has 3 saturated carbocycles. The molecule has 0 radical (unpaired) electrons. The first-order valence-electron chi connectivity index (χ1n) is 17.3. The second kappa shape index (κ2) is 10.4. The first-order valence-corrected chi connectivity index (χ1v) is 17.3. The van der Waals surface area contributed by atoms with Gasteiger partial charge >= 0.3 is 11.9 Å². The van der Waals surface area contributed by atoms with Gasteiger partial charge in [-0.05, 0) is 115 Å². The molecule has 0 heterocycles. The Labute approximate surface area is 265 Å². The number of hydrogen-bond donors (Lipinski definition) is 1. The number of hydrogen-bond acceptors (Lipinski definition) is 5. The van der Waals surface area contributed by atoms with E-state index < -0.39 is 6.10 Å². The van der Waals surface area contributed by atoms with Gasteiger partial charge in [-0.15, -0.1) is 0 Å². The van der Waals surface area contributed by atoms with Crippen molar-refractivity contribution in [3.8, 4) is 0 Å². The predicted octanol–water partition coefficient (Wildman–Crippen LogP) is 8.69. The van der Waals surface area contributed by atoms with E-state index in [0.717, 1.165) is 57.8 Å². The summed E-state index contributed by atoms with van der Waals surface area (Å²) in [6.45, 7) is 18.8. The number of esters is 2. The highest BCUT2D eigenvalue weighted by atomic mass is 16.5. The minimum atomic E-state index is -0.464. The smallest absolute Gasteiger partial charge is 0.338 e. The van der Waals surface area contributed by atoms with Crippen LogP contribution in [0.15, 0.2) is 41.5 Å². The lowest BCUT2D eigenvalue weighted by Crippen LogP contribution is -2.63. The number of ether oxygens (including phenoxy) is 2. The van der Waals surface area contributed by atoms with E-state index >= 15 is 0 Å². The summed E-state index contributed by atoms with van der Waals surface area (Å²) in [6, 6.07) is 9.34. The van der Waals surface area contributed by atoms with E-state index in [2.05, 4.69) is 48.5 Å². The third kappa shape index (κ3) is 4.64. The van der Waals surface area contributed by atoms with Crippen molar-refractivity contribution in [3.05, 3.63) is 47.0 Å². The van der Waals surface area contributed by atoms with Crippen LogP contribution >= 0.6 is 0 Å². The topological polar surface area (TPSA) is 72.8 Å². The Morgan fingerprint density at radius 2 is 1.57 bits per heavy atom. The summed E-state index contributed by atoms with van der Waals surface area (Å²) in [5.74, 6) is 0.321. The fourth-order valence-electron chi connectivity index (χ4n) is 11.7. The Hall–Kier alpha value is -2.14. The summed E-state index contributed by atoms with van der Waals surface area (Å²) in [4.78, 5) is 24.9. The van der Waals surface area contributed by atoms with Crippen molar-refractivity contribution in [1.82, 2.24) is 0 Å². The van der Waals surface area contributed by atoms with Gasteiger partial charge in [-0.3, -0.25) is 4.79 Å². The molecule has 5 aliphatic rings. The summed E-state index contributed by atoms with van der Waals surface area (Å²) in [7, 11) is 0.